The number of piperidine rings is 1. The summed E-state index contributed by atoms with van der Waals surface area (Å²) in [5, 5.41) is 8.95. The van der Waals surface area contributed by atoms with Crippen LogP contribution in [0, 0.1) is 3.57 Å². The Balaban J connectivity index is 2.29. The maximum Gasteiger partial charge on any atom is 0.335 e. The van der Waals surface area contributed by atoms with Crippen LogP contribution in [0.1, 0.15) is 36.5 Å². The Labute approximate surface area is 115 Å². The first-order valence-corrected chi connectivity index (χ1v) is 6.97. The molecule has 1 saturated heterocycles. The van der Waals surface area contributed by atoms with E-state index in [2.05, 4.69) is 34.4 Å². The molecular weight excluding hydrogens is 329 g/mol. The maximum atomic E-state index is 10.9. The van der Waals surface area contributed by atoms with Crippen molar-refractivity contribution >= 4 is 34.2 Å². The van der Waals surface area contributed by atoms with Gasteiger partial charge in [-0.05, 0) is 67.0 Å². The van der Waals surface area contributed by atoms with Crippen LogP contribution in [0.4, 0.5) is 5.69 Å². The summed E-state index contributed by atoms with van der Waals surface area (Å²) in [6, 6.07) is 5.93. The summed E-state index contributed by atoms with van der Waals surface area (Å²) in [7, 11) is 0. The number of hydrogen-bond donors (Lipinski definition) is 1. The Morgan fingerprint density at radius 1 is 1.47 bits per heavy atom. The number of aromatic carboxylic acids is 1. The summed E-state index contributed by atoms with van der Waals surface area (Å²) in [4.78, 5) is 13.3. The van der Waals surface area contributed by atoms with Crippen LogP contribution < -0.4 is 4.90 Å². The minimum absolute atomic E-state index is 0.364. The average molecular weight is 345 g/mol. The molecule has 3 nitrogen and oxygen atoms in total. The van der Waals surface area contributed by atoms with E-state index in [1.165, 1.54) is 24.9 Å². The molecule has 1 heterocycles. The number of hydrogen-bond acceptors (Lipinski definition) is 2. The van der Waals surface area contributed by atoms with Gasteiger partial charge in [0.2, 0.25) is 0 Å². The largest absolute Gasteiger partial charge is 0.478 e. The van der Waals surface area contributed by atoms with Crippen molar-refractivity contribution in [1.82, 2.24) is 0 Å². The third-order valence-corrected chi connectivity index (χ3v) is 4.17. The zero-order valence-electron chi connectivity index (χ0n) is 9.82. The van der Waals surface area contributed by atoms with E-state index in [9.17, 15) is 4.79 Å². The van der Waals surface area contributed by atoms with E-state index in [1.54, 1.807) is 12.1 Å². The summed E-state index contributed by atoms with van der Waals surface area (Å²) >= 11 is 2.23. The SMILES string of the molecule is CC1CCCCN1c1ccc(C(=O)O)cc1I. The molecule has 1 N–H and O–H groups in total. The molecule has 0 radical (unpaired) electrons. The second-order valence-corrected chi connectivity index (χ2v) is 5.67. The number of rotatable bonds is 2. The van der Waals surface area contributed by atoms with Crippen LogP contribution in [0.2, 0.25) is 0 Å². The number of halogens is 1. The van der Waals surface area contributed by atoms with E-state index in [1.807, 2.05) is 6.07 Å². The quantitative estimate of drug-likeness (QED) is 0.836. The Morgan fingerprint density at radius 2 is 2.24 bits per heavy atom. The van der Waals surface area contributed by atoms with Crippen LogP contribution in [0.5, 0.6) is 0 Å². The zero-order chi connectivity index (χ0) is 12.4. The fraction of sp³-hybridized carbons (Fsp3) is 0.462. The number of carboxylic acids is 1. The van der Waals surface area contributed by atoms with Gasteiger partial charge in [0.05, 0.1) is 11.3 Å². The number of nitrogens with zero attached hydrogens (tertiary/aromatic N) is 1. The molecule has 1 unspecified atom stereocenters. The van der Waals surface area contributed by atoms with E-state index >= 15 is 0 Å². The van der Waals surface area contributed by atoms with Crippen molar-refractivity contribution in [1.29, 1.82) is 0 Å². The van der Waals surface area contributed by atoms with Crippen LogP contribution in [0.15, 0.2) is 18.2 Å². The fourth-order valence-electron chi connectivity index (χ4n) is 2.33. The normalized spacial score (nSPS) is 20.4. The highest BCUT2D eigenvalue weighted by molar-refractivity contribution is 14.1. The number of anilines is 1. The second-order valence-electron chi connectivity index (χ2n) is 4.51. The van der Waals surface area contributed by atoms with E-state index in [0.29, 0.717) is 11.6 Å². The second kappa shape index (κ2) is 5.25. The van der Waals surface area contributed by atoms with Crippen LogP contribution in [0.3, 0.4) is 0 Å². The highest BCUT2D eigenvalue weighted by atomic mass is 127. The molecule has 92 valence electrons. The van der Waals surface area contributed by atoms with Gasteiger partial charge < -0.3 is 10.0 Å². The third-order valence-electron chi connectivity index (χ3n) is 3.31. The highest BCUT2D eigenvalue weighted by Gasteiger charge is 2.20. The van der Waals surface area contributed by atoms with Gasteiger partial charge in [-0.3, -0.25) is 0 Å². The monoisotopic (exact) mass is 345 g/mol. The minimum atomic E-state index is -0.860. The smallest absolute Gasteiger partial charge is 0.335 e. The first-order chi connectivity index (χ1) is 8.09. The lowest BCUT2D eigenvalue weighted by molar-refractivity contribution is 0.0697. The standard InChI is InChI=1S/C13H16INO2/c1-9-4-2-3-7-15(9)12-6-5-10(13(16)17)8-11(12)14/h5-6,8-9H,2-4,7H2,1H3,(H,16,17). The first kappa shape index (κ1) is 12.7. The molecule has 0 bridgehead atoms. The topological polar surface area (TPSA) is 40.5 Å². The molecule has 1 aromatic carbocycles. The lowest BCUT2D eigenvalue weighted by Crippen LogP contribution is -2.37. The predicted molar refractivity (Wildman–Crippen MR) is 76.8 cm³/mol. The molecule has 4 heteroatoms. The molecule has 0 aliphatic carbocycles. The number of benzene rings is 1. The van der Waals surface area contributed by atoms with Gasteiger partial charge in [-0.15, -0.1) is 0 Å². The Hall–Kier alpha value is -0.780. The van der Waals surface area contributed by atoms with Crippen molar-refractivity contribution < 1.29 is 9.90 Å². The lowest BCUT2D eigenvalue weighted by Gasteiger charge is -2.36. The van der Waals surface area contributed by atoms with Crippen LogP contribution in [-0.4, -0.2) is 23.7 Å². The lowest BCUT2D eigenvalue weighted by atomic mass is 10.0. The number of carbonyl (C=O) groups is 1. The van der Waals surface area contributed by atoms with Crippen molar-refractivity contribution in [3.63, 3.8) is 0 Å². The molecule has 0 amide bonds. The summed E-state index contributed by atoms with van der Waals surface area (Å²) in [6.07, 6.45) is 3.74. The molecule has 0 spiro atoms. The summed E-state index contributed by atoms with van der Waals surface area (Å²) in [6.45, 7) is 3.31. The molecule has 0 aromatic heterocycles. The molecule has 2 rings (SSSR count). The molecule has 1 aromatic rings. The van der Waals surface area contributed by atoms with Gasteiger partial charge >= 0.3 is 5.97 Å². The van der Waals surface area contributed by atoms with Crippen LogP contribution >= 0.6 is 22.6 Å². The molecule has 1 aliphatic heterocycles. The van der Waals surface area contributed by atoms with Crippen LogP contribution in [-0.2, 0) is 0 Å². The van der Waals surface area contributed by atoms with Crippen molar-refractivity contribution in [3.05, 3.63) is 27.3 Å². The Kier molecular flexibility index (Phi) is 3.91. The van der Waals surface area contributed by atoms with Crippen molar-refractivity contribution in [2.45, 2.75) is 32.2 Å². The van der Waals surface area contributed by atoms with Crippen molar-refractivity contribution in [3.8, 4) is 0 Å². The summed E-state index contributed by atoms with van der Waals surface area (Å²) < 4.78 is 1.02. The average Bonchev–Trinajstić information content (AvgIpc) is 2.30. The minimum Gasteiger partial charge on any atom is -0.478 e. The third kappa shape index (κ3) is 2.73. The van der Waals surface area contributed by atoms with Gasteiger partial charge in [-0.2, -0.15) is 0 Å². The molecule has 0 saturated carbocycles. The van der Waals surface area contributed by atoms with E-state index in [4.69, 9.17) is 5.11 Å². The van der Waals surface area contributed by atoms with Gasteiger partial charge in [0.25, 0.3) is 0 Å². The van der Waals surface area contributed by atoms with Crippen molar-refractivity contribution in [2.24, 2.45) is 0 Å². The van der Waals surface area contributed by atoms with E-state index in [-0.39, 0.29) is 0 Å². The molecule has 1 atom stereocenters. The zero-order valence-corrected chi connectivity index (χ0v) is 12.0. The number of carboxylic acid groups (broad SMARTS) is 1. The summed E-state index contributed by atoms with van der Waals surface area (Å²) in [5.41, 5.74) is 1.53. The van der Waals surface area contributed by atoms with E-state index in [0.717, 1.165) is 10.1 Å². The molecular formula is C13H16INO2. The Morgan fingerprint density at radius 3 is 2.82 bits per heavy atom. The van der Waals surface area contributed by atoms with Crippen molar-refractivity contribution in [2.75, 3.05) is 11.4 Å². The summed E-state index contributed by atoms with van der Waals surface area (Å²) in [5.74, 6) is -0.860. The maximum absolute atomic E-state index is 10.9. The van der Waals surface area contributed by atoms with Gasteiger partial charge in [-0.25, -0.2) is 4.79 Å². The molecule has 1 aliphatic rings. The van der Waals surface area contributed by atoms with E-state index < -0.39 is 5.97 Å². The molecule has 1 fully saturated rings. The van der Waals surface area contributed by atoms with Gasteiger partial charge in [0.15, 0.2) is 0 Å². The highest BCUT2D eigenvalue weighted by Crippen LogP contribution is 2.29. The Bertz CT molecular complexity index is 433. The van der Waals surface area contributed by atoms with Gasteiger partial charge in [0, 0.05) is 16.2 Å². The van der Waals surface area contributed by atoms with Gasteiger partial charge in [-0.1, -0.05) is 0 Å². The first-order valence-electron chi connectivity index (χ1n) is 5.89. The predicted octanol–water partition coefficient (Wildman–Crippen LogP) is 3.37. The van der Waals surface area contributed by atoms with Crippen LogP contribution in [0.25, 0.3) is 0 Å². The fourth-order valence-corrected chi connectivity index (χ4v) is 3.15. The molecule has 17 heavy (non-hydrogen) atoms. The van der Waals surface area contributed by atoms with Gasteiger partial charge in [0.1, 0.15) is 0 Å².